The number of ether oxygens (including phenoxy) is 4. The highest BCUT2D eigenvalue weighted by atomic mass is 16.7. The minimum Gasteiger partial charge on any atom is -0.467 e. The Balaban J connectivity index is 1.67. The van der Waals surface area contributed by atoms with Crippen LogP contribution < -0.4 is 9.47 Å². The van der Waals surface area contributed by atoms with Crippen LogP contribution in [-0.2, 0) is 22.3 Å². The van der Waals surface area contributed by atoms with Crippen LogP contribution in [-0.4, -0.2) is 49.2 Å². The topological polar surface area (TPSA) is 77.4 Å². The molecule has 0 aromatic heterocycles. The Hall–Kier alpha value is -3.68. The zero-order valence-electron chi connectivity index (χ0n) is 28.7. The lowest BCUT2D eigenvalue weighted by Gasteiger charge is -2.24. The normalized spacial score (nSPS) is 12.7. The van der Waals surface area contributed by atoms with E-state index >= 15 is 0 Å². The van der Waals surface area contributed by atoms with Crippen LogP contribution in [0.4, 0.5) is 0 Å². The average Bonchev–Trinajstić information content (AvgIpc) is 2.98. The van der Waals surface area contributed by atoms with Crippen molar-refractivity contribution in [2.24, 2.45) is 0 Å². The van der Waals surface area contributed by atoms with E-state index in [4.69, 9.17) is 18.9 Å². The maximum absolute atomic E-state index is 11.4. The number of aryl methyl sites for hydroxylation is 6. The van der Waals surface area contributed by atoms with Gasteiger partial charge in [0.15, 0.2) is 13.6 Å². The van der Waals surface area contributed by atoms with E-state index in [0.717, 1.165) is 55.6 Å². The average molecular weight is 627 g/mol. The first-order valence-corrected chi connectivity index (χ1v) is 16.2. The van der Waals surface area contributed by atoms with Crippen molar-refractivity contribution in [2.75, 3.05) is 26.8 Å². The third kappa shape index (κ3) is 8.37. The van der Waals surface area contributed by atoms with Crippen LogP contribution in [0.15, 0.2) is 60.7 Å². The van der Waals surface area contributed by atoms with Gasteiger partial charge in [0.05, 0.1) is 12.2 Å². The summed E-state index contributed by atoms with van der Waals surface area (Å²) in [6.45, 7) is 17.7. The van der Waals surface area contributed by atoms with Gasteiger partial charge in [-0.25, -0.2) is 0 Å². The van der Waals surface area contributed by atoms with Crippen molar-refractivity contribution in [3.05, 3.63) is 105 Å². The van der Waals surface area contributed by atoms with Gasteiger partial charge >= 0.3 is 0 Å². The molecule has 0 heterocycles. The van der Waals surface area contributed by atoms with Crippen LogP contribution >= 0.6 is 0 Å². The van der Waals surface area contributed by atoms with Crippen LogP contribution in [0, 0.1) is 41.5 Å². The van der Waals surface area contributed by atoms with E-state index in [-0.39, 0.29) is 26.4 Å². The van der Waals surface area contributed by atoms with Gasteiger partial charge in [-0.05, 0) is 99.9 Å². The van der Waals surface area contributed by atoms with Crippen molar-refractivity contribution in [3.63, 3.8) is 0 Å². The van der Waals surface area contributed by atoms with Crippen molar-refractivity contribution >= 4 is 0 Å². The maximum Gasteiger partial charge on any atom is 0.189 e. The molecule has 0 aliphatic carbocycles. The van der Waals surface area contributed by atoms with Crippen molar-refractivity contribution < 1.29 is 29.2 Å². The van der Waals surface area contributed by atoms with Gasteiger partial charge < -0.3 is 29.2 Å². The summed E-state index contributed by atoms with van der Waals surface area (Å²) in [5, 5.41) is 22.9. The van der Waals surface area contributed by atoms with Crippen molar-refractivity contribution in [3.8, 4) is 33.8 Å². The first kappa shape index (κ1) is 35.2. The van der Waals surface area contributed by atoms with Crippen molar-refractivity contribution in [1.82, 2.24) is 0 Å². The molecule has 4 rings (SSSR count). The first-order valence-electron chi connectivity index (χ1n) is 16.2. The molecule has 46 heavy (non-hydrogen) atoms. The lowest BCUT2D eigenvalue weighted by Crippen LogP contribution is -2.30. The minimum absolute atomic E-state index is 0.0916. The van der Waals surface area contributed by atoms with Gasteiger partial charge in [-0.3, -0.25) is 0 Å². The molecule has 0 saturated heterocycles. The standard InChI is InChI=1S/C40H50O6/c1-9-43-23-45-39-31(13-11-15-33(39)37-27(5)17-25(3)18-28(37)6)21-35(41)36(42)22-32-14-12-16-34(40(32)46-24-44-10-2)38-29(7)19-26(4)20-30(38)8/h11-20,35-36,41-42H,9-10,21-24H2,1-8H3/t35-,36-/m1/s1. The van der Waals surface area contributed by atoms with E-state index < -0.39 is 12.2 Å². The molecule has 6 nitrogen and oxygen atoms in total. The zero-order chi connectivity index (χ0) is 33.4. The molecule has 2 N–H and O–H groups in total. The Labute approximate surface area is 274 Å². The fourth-order valence-electron chi connectivity index (χ4n) is 6.53. The highest BCUT2D eigenvalue weighted by Gasteiger charge is 2.25. The number of para-hydroxylation sites is 2. The lowest BCUT2D eigenvalue weighted by atomic mass is 9.89. The van der Waals surface area contributed by atoms with E-state index in [0.29, 0.717) is 24.7 Å². The molecule has 0 aliphatic rings. The number of hydrogen-bond acceptors (Lipinski definition) is 6. The monoisotopic (exact) mass is 626 g/mol. The van der Waals surface area contributed by atoms with E-state index in [1.165, 1.54) is 11.1 Å². The summed E-state index contributed by atoms with van der Waals surface area (Å²) in [5.41, 5.74) is 12.7. The molecule has 4 aromatic rings. The minimum atomic E-state index is -1.06. The fraction of sp³-hybridized carbons (Fsp3) is 0.400. The summed E-state index contributed by atoms with van der Waals surface area (Å²) in [5.74, 6) is 1.32. The van der Waals surface area contributed by atoms with Gasteiger partial charge in [0.1, 0.15) is 11.5 Å². The van der Waals surface area contributed by atoms with Crippen LogP contribution in [0.25, 0.3) is 22.3 Å². The second kappa shape index (κ2) is 16.2. The van der Waals surface area contributed by atoms with Crippen LogP contribution in [0.3, 0.4) is 0 Å². The molecule has 0 spiro atoms. The number of aliphatic hydroxyl groups is 2. The summed E-state index contributed by atoms with van der Waals surface area (Å²) in [4.78, 5) is 0. The summed E-state index contributed by atoms with van der Waals surface area (Å²) < 4.78 is 23.6. The Morgan fingerprint density at radius 3 is 1.22 bits per heavy atom. The molecule has 246 valence electrons. The fourth-order valence-corrected chi connectivity index (χ4v) is 6.53. The molecule has 0 amide bonds. The molecule has 6 heteroatoms. The molecule has 2 atom stereocenters. The molecular formula is C40H50O6. The third-order valence-electron chi connectivity index (χ3n) is 8.37. The molecular weight excluding hydrogens is 576 g/mol. The van der Waals surface area contributed by atoms with E-state index in [9.17, 15) is 10.2 Å². The number of rotatable bonds is 15. The van der Waals surface area contributed by atoms with Gasteiger partial charge in [0.25, 0.3) is 0 Å². The molecule has 0 fully saturated rings. The second-order valence-electron chi connectivity index (χ2n) is 12.2. The summed E-state index contributed by atoms with van der Waals surface area (Å²) in [6, 6.07) is 20.6. The van der Waals surface area contributed by atoms with Crippen molar-refractivity contribution in [1.29, 1.82) is 0 Å². The van der Waals surface area contributed by atoms with Gasteiger partial charge in [0, 0.05) is 37.2 Å². The van der Waals surface area contributed by atoms with Crippen LogP contribution in [0.1, 0.15) is 58.4 Å². The molecule has 0 saturated carbocycles. The smallest absolute Gasteiger partial charge is 0.189 e. The molecule has 4 aromatic carbocycles. The summed E-state index contributed by atoms with van der Waals surface area (Å²) in [7, 11) is 0. The highest BCUT2D eigenvalue weighted by molar-refractivity contribution is 5.79. The van der Waals surface area contributed by atoms with Gasteiger partial charge in [-0.2, -0.15) is 0 Å². The zero-order valence-corrected chi connectivity index (χ0v) is 28.7. The number of hydrogen-bond donors (Lipinski definition) is 2. The predicted molar refractivity (Wildman–Crippen MR) is 186 cm³/mol. The van der Waals surface area contributed by atoms with Gasteiger partial charge in [-0.1, -0.05) is 71.8 Å². The Bertz CT molecular complexity index is 1460. The Morgan fingerprint density at radius 1 is 0.543 bits per heavy atom. The lowest BCUT2D eigenvalue weighted by molar-refractivity contribution is 0.0114. The maximum atomic E-state index is 11.4. The number of benzene rings is 4. The SMILES string of the molecule is CCOCOc1c(C[C@@H](O)[C@H](O)Cc2cccc(-c3c(C)cc(C)cc3C)c2OCOCC)cccc1-c1c(C)cc(C)cc1C. The van der Waals surface area contributed by atoms with E-state index in [2.05, 4.69) is 65.8 Å². The molecule has 0 bridgehead atoms. The highest BCUT2D eigenvalue weighted by Crippen LogP contribution is 2.40. The van der Waals surface area contributed by atoms with Crippen molar-refractivity contribution in [2.45, 2.75) is 80.4 Å². The first-order chi connectivity index (χ1) is 22.0. The van der Waals surface area contributed by atoms with E-state index in [1.807, 2.05) is 50.2 Å². The summed E-state index contributed by atoms with van der Waals surface area (Å²) >= 11 is 0. The predicted octanol–water partition coefficient (Wildman–Crippen LogP) is 8.12. The van der Waals surface area contributed by atoms with Gasteiger partial charge in [0.2, 0.25) is 0 Å². The largest absolute Gasteiger partial charge is 0.467 e. The van der Waals surface area contributed by atoms with Crippen LogP contribution in [0.2, 0.25) is 0 Å². The molecule has 0 unspecified atom stereocenters. The Morgan fingerprint density at radius 2 is 0.891 bits per heavy atom. The summed E-state index contributed by atoms with van der Waals surface area (Å²) in [6.07, 6.45) is -1.72. The molecule has 0 aliphatic heterocycles. The molecule has 0 radical (unpaired) electrons. The second-order valence-corrected chi connectivity index (χ2v) is 12.2. The third-order valence-corrected chi connectivity index (χ3v) is 8.37. The van der Waals surface area contributed by atoms with Gasteiger partial charge in [-0.15, -0.1) is 0 Å². The van der Waals surface area contributed by atoms with Crippen LogP contribution in [0.5, 0.6) is 11.5 Å². The quantitative estimate of drug-likeness (QED) is 0.103. The van der Waals surface area contributed by atoms with E-state index in [1.54, 1.807) is 0 Å². The number of aliphatic hydroxyl groups excluding tert-OH is 2. The Kier molecular flexibility index (Phi) is 12.4.